The number of ether oxygens (including phenoxy) is 2. The van der Waals surface area contributed by atoms with E-state index in [1.807, 2.05) is 42.5 Å². The number of fused-ring (bicyclic) bond motifs is 2. The Balaban J connectivity index is 1.44. The number of nitrogens with zero attached hydrogens (tertiary/aromatic N) is 3. The number of rotatable bonds is 3. The van der Waals surface area contributed by atoms with Gasteiger partial charge >= 0.3 is 5.97 Å². The number of hydrogen-bond acceptors (Lipinski definition) is 5. The highest BCUT2D eigenvalue weighted by atomic mass is 16.6. The fourth-order valence-corrected chi connectivity index (χ4v) is 4.60. The van der Waals surface area contributed by atoms with Crippen molar-refractivity contribution in [1.82, 2.24) is 14.7 Å². The van der Waals surface area contributed by atoms with Gasteiger partial charge in [0.1, 0.15) is 11.4 Å². The Hall–Kier alpha value is -3.61. The van der Waals surface area contributed by atoms with Crippen molar-refractivity contribution in [2.75, 3.05) is 20.2 Å². The third-order valence-electron chi connectivity index (χ3n) is 6.13. The molecule has 0 saturated carbocycles. The number of carbonyl (C=O) groups excluding carboxylic acids is 2. The minimum absolute atomic E-state index is 0.122. The van der Waals surface area contributed by atoms with Crippen LogP contribution in [0.3, 0.4) is 0 Å². The summed E-state index contributed by atoms with van der Waals surface area (Å²) in [5.74, 6) is 0.296. The van der Waals surface area contributed by atoms with Gasteiger partial charge in [-0.15, -0.1) is 0 Å². The van der Waals surface area contributed by atoms with Gasteiger partial charge in [-0.3, -0.25) is 9.48 Å². The van der Waals surface area contributed by atoms with Crippen molar-refractivity contribution in [2.24, 2.45) is 7.05 Å². The SMILES string of the molecule is COc1cccc(-c2cc(C(=O)N3CCCC4(C3)OC(=O)c3ccccc34)n(C)n2)c1. The fraction of sp³-hybridized carbons (Fsp3) is 0.292. The van der Waals surface area contributed by atoms with Crippen LogP contribution in [0, 0.1) is 0 Å². The second-order valence-corrected chi connectivity index (χ2v) is 8.03. The number of aryl methyl sites for hydroxylation is 1. The lowest BCUT2D eigenvalue weighted by Crippen LogP contribution is -2.49. The molecule has 0 bridgehead atoms. The van der Waals surface area contributed by atoms with Crippen LogP contribution >= 0.6 is 0 Å². The van der Waals surface area contributed by atoms with E-state index in [0.717, 1.165) is 23.3 Å². The van der Waals surface area contributed by atoms with Gasteiger partial charge in [0.25, 0.3) is 5.91 Å². The Labute approximate surface area is 180 Å². The molecule has 1 fully saturated rings. The van der Waals surface area contributed by atoms with E-state index in [-0.39, 0.29) is 11.9 Å². The van der Waals surface area contributed by atoms with Crippen molar-refractivity contribution >= 4 is 11.9 Å². The van der Waals surface area contributed by atoms with Crippen molar-refractivity contribution in [3.63, 3.8) is 0 Å². The van der Waals surface area contributed by atoms with Crippen LogP contribution in [-0.2, 0) is 17.4 Å². The van der Waals surface area contributed by atoms with Crippen molar-refractivity contribution in [2.45, 2.75) is 18.4 Å². The van der Waals surface area contributed by atoms with E-state index in [0.29, 0.717) is 36.5 Å². The number of esters is 1. The molecule has 1 amide bonds. The molecule has 2 aliphatic heterocycles. The zero-order valence-corrected chi connectivity index (χ0v) is 17.5. The van der Waals surface area contributed by atoms with Crippen LogP contribution in [0.1, 0.15) is 39.3 Å². The minimum Gasteiger partial charge on any atom is -0.497 e. The van der Waals surface area contributed by atoms with Crippen LogP contribution in [0.25, 0.3) is 11.3 Å². The molecule has 1 aromatic heterocycles. The molecule has 31 heavy (non-hydrogen) atoms. The lowest BCUT2D eigenvalue weighted by Gasteiger charge is -2.39. The molecule has 1 unspecified atom stereocenters. The predicted octanol–water partition coefficient (Wildman–Crippen LogP) is 3.40. The van der Waals surface area contributed by atoms with Gasteiger partial charge in [0.2, 0.25) is 0 Å². The van der Waals surface area contributed by atoms with Gasteiger partial charge in [-0.25, -0.2) is 4.79 Å². The maximum absolute atomic E-state index is 13.4. The van der Waals surface area contributed by atoms with E-state index >= 15 is 0 Å². The number of carbonyl (C=O) groups is 2. The Morgan fingerprint density at radius 3 is 2.84 bits per heavy atom. The molecule has 2 aliphatic rings. The number of benzene rings is 2. The van der Waals surface area contributed by atoms with Gasteiger partial charge in [-0.2, -0.15) is 5.10 Å². The van der Waals surface area contributed by atoms with Crippen molar-refractivity contribution < 1.29 is 19.1 Å². The van der Waals surface area contributed by atoms with Crippen molar-refractivity contribution in [1.29, 1.82) is 0 Å². The smallest absolute Gasteiger partial charge is 0.339 e. The highest BCUT2D eigenvalue weighted by molar-refractivity contribution is 5.96. The summed E-state index contributed by atoms with van der Waals surface area (Å²) in [5.41, 5.74) is 2.78. The third-order valence-corrected chi connectivity index (χ3v) is 6.13. The maximum atomic E-state index is 13.4. The molecule has 1 atom stereocenters. The molecule has 7 heteroatoms. The van der Waals surface area contributed by atoms with E-state index in [1.54, 1.807) is 35.9 Å². The zero-order chi connectivity index (χ0) is 21.6. The summed E-state index contributed by atoms with van der Waals surface area (Å²) in [5, 5.41) is 4.54. The zero-order valence-electron chi connectivity index (χ0n) is 17.5. The summed E-state index contributed by atoms with van der Waals surface area (Å²) >= 11 is 0. The summed E-state index contributed by atoms with van der Waals surface area (Å²) in [7, 11) is 3.38. The molecule has 158 valence electrons. The molecular formula is C24H23N3O4. The summed E-state index contributed by atoms with van der Waals surface area (Å²) in [6, 6.07) is 16.8. The van der Waals surface area contributed by atoms with Gasteiger partial charge in [-0.05, 0) is 37.1 Å². The lowest BCUT2D eigenvalue weighted by atomic mass is 9.85. The molecule has 2 aromatic carbocycles. The second-order valence-electron chi connectivity index (χ2n) is 8.03. The van der Waals surface area contributed by atoms with Crippen molar-refractivity contribution in [3.8, 4) is 17.0 Å². The Morgan fingerprint density at radius 2 is 2.00 bits per heavy atom. The van der Waals surface area contributed by atoms with Crippen LogP contribution in [0.4, 0.5) is 0 Å². The highest BCUT2D eigenvalue weighted by Gasteiger charge is 2.49. The van der Waals surface area contributed by atoms with Gasteiger partial charge in [0.05, 0.1) is 24.9 Å². The first-order valence-corrected chi connectivity index (χ1v) is 10.3. The second kappa shape index (κ2) is 7.27. The first-order chi connectivity index (χ1) is 15.0. The first-order valence-electron chi connectivity index (χ1n) is 10.3. The predicted molar refractivity (Wildman–Crippen MR) is 114 cm³/mol. The van der Waals surface area contributed by atoms with Crippen molar-refractivity contribution in [3.05, 3.63) is 71.4 Å². The summed E-state index contributed by atoms with van der Waals surface area (Å²) in [6.07, 6.45) is 1.47. The minimum atomic E-state index is -0.768. The largest absolute Gasteiger partial charge is 0.497 e. The monoisotopic (exact) mass is 417 g/mol. The molecule has 7 nitrogen and oxygen atoms in total. The molecule has 1 spiro atoms. The van der Waals surface area contributed by atoms with Crippen LogP contribution in [0.15, 0.2) is 54.6 Å². The van der Waals surface area contributed by atoms with E-state index in [4.69, 9.17) is 9.47 Å². The van der Waals surface area contributed by atoms with Crippen LogP contribution in [0.2, 0.25) is 0 Å². The Bertz CT molecular complexity index is 1190. The summed E-state index contributed by atoms with van der Waals surface area (Å²) in [4.78, 5) is 27.6. The summed E-state index contributed by atoms with van der Waals surface area (Å²) < 4.78 is 12.7. The van der Waals surface area contributed by atoms with E-state index < -0.39 is 5.60 Å². The summed E-state index contributed by atoms with van der Waals surface area (Å²) in [6.45, 7) is 0.953. The highest BCUT2D eigenvalue weighted by Crippen LogP contribution is 2.43. The van der Waals surface area contributed by atoms with Crippen LogP contribution < -0.4 is 4.74 Å². The average Bonchev–Trinajstić information content (AvgIpc) is 3.31. The molecule has 0 radical (unpaired) electrons. The number of amides is 1. The molecular weight excluding hydrogens is 394 g/mol. The quantitative estimate of drug-likeness (QED) is 0.611. The number of likely N-dealkylation sites (tertiary alicyclic amines) is 1. The van der Waals surface area contributed by atoms with Gasteiger partial charge in [-0.1, -0.05) is 30.3 Å². The Kier molecular flexibility index (Phi) is 4.54. The Morgan fingerprint density at radius 1 is 1.16 bits per heavy atom. The number of methoxy groups -OCH3 is 1. The number of piperidine rings is 1. The fourth-order valence-electron chi connectivity index (χ4n) is 4.60. The molecule has 3 heterocycles. The first kappa shape index (κ1) is 19.4. The average molecular weight is 417 g/mol. The van der Waals surface area contributed by atoms with Gasteiger partial charge in [0.15, 0.2) is 5.60 Å². The number of hydrogen-bond donors (Lipinski definition) is 0. The standard InChI is InChI=1S/C24H23N3O4/c1-26-21(14-20(25-26)16-7-5-8-17(13-16)30-2)22(28)27-12-6-11-24(15-27)19-10-4-3-9-18(19)23(29)31-24/h3-5,7-10,13-14H,6,11-12,15H2,1-2H3. The van der Waals surface area contributed by atoms with E-state index in [1.165, 1.54) is 0 Å². The molecule has 3 aromatic rings. The van der Waals surface area contributed by atoms with Crippen LogP contribution in [-0.4, -0.2) is 46.8 Å². The molecule has 0 aliphatic carbocycles. The van der Waals surface area contributed by atoms with Crippen LogP contribution in [0.5, 0.6) is 5.75 Å². The van der Waals surface area contributed by atoms with E-state index in [2.05, 4.69) is 5.10 Å². The lowest BCUT2D eigenvalue weighted by molar-refractivity contribution is -0.0444. The van der Waals surface area contributed by atoms with Gasteiger partial charge < -0.3 is 14.4 Å². The molecule has 0 N–H and O–H groups in total. The number of aromatic nitrogens is 2. The van der Waals surface area contributed by atoms with Gasteiger partial charge in [0, 0.05) is 24.7 Å². The molecule has 5 rings (SSSR count). The van der Waals surface area contributed by atoms with E-state index in [9.17, 15) is 9.59 Å². The maximum Gasteiger partial charge on any atom is 0.339 e. The topological polar surface area (TPSA) is 73.7 Å². The normalized spacial score (nSPS) is 19.9. The molecule has 1 saturated heterocycles. The third kappa shape index (κ3) is 3.17.